The lowest BCUT2D eigenvalue weighted by Gasteiger charge is -2.08. The van der Waals surface area contributed by atoms with Crippen molar-refractivity contribution in [1.82, 2.24) is 9.97 Å². The van der Waals surface area contributed by atoms with Crippen molar-refractivity contribution in [2.45, 2.75) is 32.3 Å². The third kappa shape index (κ3) is 4.85. The monoisotopic (exact) mass is 395 g/mol. The highest BCUT2D eigenvalue weighted by molar-refractivity contribution is 7.99. The molecule has 0 bridgehead atoms. The lowest BCUT2D eigenvalue weighted by Crippen LogP contribution is -2.17. The van der Waals surface area contributed by atoms with Crippen LogP contribution in [-0.2, 0) is 16.0 Å². The molecule has 140 valence electrons. The molecular formula is C16H21N5O3S2. The van der Waals surface area contributed by atoms with Gasteiger partial charge in [0.05, 0.1) is 17.9 Å². The normalized spacial score (nSPS) is 10.6. The number of aryl methyl sites for hydroxylation is 1. The Morgan fingerprint density at radius 3 is 2.50 bits per heavy atom. The van der Waals surface area contributed by atoms with Crippen molar-refractivity contribution in [2.75, 3.05) is 29.1 Å². The number of thioether (sulfide) groups is 1. The molecule has 8 nitrogen and oxygen atoms in total. The first kappa shape index (κ1) is 20.0. The van der Waals surface area contributed by atoms with Gasteiger partial charge < -0.3 is 21.5 Å². The molecule has 0 fully saturated rings. The zero-order valence-corrected chi connectivity index (χ0v) is 16.4. The van der Waals surface area contributed by atoms with Crippen molar-refractivity contribution >= 4 is 51.6 Å². The van der Waals surface area contributed by atoms with Gasteiger partial charge in [0.25, 0.3) is 0 Å². The quantitative estimate of drug-likeness (QED) is 0.370. The largest absolute Gasteiger partial charge is 0.462 e. The van der Waals surface area contributed by atoms with Crippen molar-refractivity contribution in [1.29, 1.82) is 0 Å². The van der Waals surface area contributed by atoms with E-state index in [2.05, 4.69) is 15.3 Å². The number of thiophene rings is 1. The molecule has 0 aliphatic rings. The molecule has 0 aliphatic heterocycles. The van der Waals surface area contributed by atoms with Gasteiger partial charge in [-0.05, 0) is 25.8 Å². The molecule has 0 unspecified atom stereocenters. The number of carbonyl (C=O) groups is 2. The Bertz CT molecular complexity index is 802. The standard InChI is InChI=1S/C16H21N5O3S2/c1-4-9-8(3)26-14(13(9)15(23)24-5-2)21-12(22)7-25-16-19-10(17)6-11(18)20-16/h6H,4-5,7H2,1-3H3,(H,21,22)(H4,17,18,19,20). The number of nitrogen functional groups attached to an aromatic ring is 2. The molecule has 2 heterocycles. The maximum absolute atomic E-state index is 12.3. The molecule has 1 amide bonds. The summed E-state index contributed by atoms with van der Waals surface area (Å²) in [5.41, 5.74) is 12.5. The second-order valence-electron chi connectivity index (χ2n) is 5.25. The average molecular weight is 396 g/mol. The number of aromatic nitrogens is 2. The van der Waals surface area contributed by atoms with E-state index in [-0.39, 0.29) is 29.9 Å². The minimum absolute atomic E-state index is 0.0591. The van der Waals surface area contributed by atoms with E-state index in [1.165, 1.54) is 17.4 Å². The number of nitrogens with zero attached hydrogens (tertiary/aromatic N) is 2. The molecule has 2 rings (SSSR count). The van der Waals surface area contributed by atoms with Crippen LogP contribution in [0.2, 0.25) is 0 Å². The second kappa shape index (κ2) is 8.86. The van der Waals surface area contributed by atoms with Crippen LogP contribution in [0, 0.1) is 6.92 Å². The van der Waals surface area contributed by atoms with Gasteiger partial charge in [-0.1, -0.05) is 18.7 Å². The SMILES string of the molecule is CCOC(=O)c1c(NC(=O)CSc2nc(N)cc(N)n2)sc(C)c1CC. The lowest BCUT2D eigenvalue weighted by atomic mass is 10.1. The number of ether oxygens (including phenoxy) is 1. The van der Waals surface area contributed by atoms with E-state index in [0.29, 0.717) is 22.1 Å². The fraction of sp³-hybridized carbons (Fsp3) is 0.375. The minimum Gasteiger partial charge on any atom is -0.462 e. The Labute approximate surface area is 159 Å². The van der Waals surface area contributed by atoms with Gasteiger partial charge in [0, 0.05) is 10.9 Å². The van der Waals surface area contributed by atoms with Crippen molar-refractivity contribution in [3.63, 3.8) is 0 Å². The molecule has 26 heavy (non-hydrogen) atoms. The zero-order chi connectivity index (χ0) is 19.3. The Balaban J connectivity index is 2.12. The number of rotatable bonds is 7. The lowest BCUT2D eigenvalue weighted by molar-refractivity contribution is -0.113. The molecule has 5 N–H and O–H groups in total. The number of esters is 1. The first-order valence-corrected chi connectivity index (χ1v) is 9.77. The molecular weight excluding hydrogens is 374 g/mol. The van der Waals surface area contributed by atoms with Gasteiger partial charge >= 0.3 is 5.97 Å². The first-order chi connectivity index (χ1) is 12.3. The molecule has 0 saturated carbocycles. The Hall–Kier alpha value is -2.33. The summed E-state index contributed by atoms with van der Waals surface area (Å²) in [5, 5.41) is 3.60. The molecule has 0 spiro atoms. The van der Waals surface area contributed by atoms with Crippen molar-refractivity contribution in [2.24, 2.45) is 0 Å². The topological polar surface area (TPSA) is 133 Å². The summed E-state index contributed by atoms with van der Waals surface area (Å²) in [6, 6.07) is 1.44. The predicted molar refractivity (Wildman–Crippen MR) is 105 cm³/mol. The highest BCUT2D eigenvalue weighted by atomic mass is 32.2. The van der Waals surface area contributed by atoms with E-state index >= 15 is 0 Å². The van der Waals surface area contributed by atoms with Gasteiger partial charge in [-0.15, -0.1) is 11.3 Å². The van der Waals surface area contributed by atoms with Crippen LogP contribution in [0.25, 0.3) is 0 Å². The summed E-state index contributed by atoms with van der Waals surface area (Å²) < 4.78 is 5.13. The molecule has 0 radical (unpaired) electrons. The van der Waals surface area contributed by atoms with Crippen LogP contribution in [-0.4, -0.2) is 34.2 Å². The van der Waals surface area contributed by atoms with Crippen LogP contribution in [0.5, 0.6) is 0 Å². The third-order valence-electron chi connectivity index (χ3n) is 3.37. The van der Waals surface area contributed by atoms with Gasteiger partial charge in [0.2, 0.25) is 5.91 Å². The van der Waals surface area contributed by atoms with Crippen molar-refractivity contribution in [3.05, 3.63) is 22.1 Å². The number of carbonyl (C=O) groups excluding carboxylic acids is 2. The molecule has 0 atom stereocenters. The fourth-order valence-corrected chi connectivity index (χ4v) is 4.15. The molecule has 10 heteroatoms. The summed E-state index contributed by atoms with van der Waals surface area (Å²) >= 11 is 2.47. The van der Waals surface area contributed by atoms with Gasteiger partial charge in [-0.3, -0.25) is 4.79 Å². The summed E-state index contributed by atoms with van der Waals surface area (Å²) in [7, 11) is 0. The van der Waals surface area contributed by atoms with Gasteiger partial charge in [0.1, 0.15) is 16.6 Å². The number of nitrogens with two attached hydrogens (primary N) is 2. The molecule has 0 aliphatic carbocycles. The predicted octanol–water partition coefficient (Wildman–Crippen LogP) is 2.48. The Morgan fingerprint density at radius 1 is 1.27 bits per heavy atom. The molecule has 2 aromatic heterocycles. The van der Waals surface area contributed by atoms with Gasteiger partial charge in [0.15, 0.2) is 5.16 Å². The van der Waals surface area contributed by atoms with E-state index in [0.717, 1.165) is 22.2 Å². The van der Waals surface area contributed by atoms with Gasteiger partial charge in [-0.25, -0.2) is 14.8 Å². The second-order valence-corrected chi connectivity index (χ2v) is 7.42. The van der Waals surface area contributed by atoms with Crippen LogP contribution in [0.4, 0.5) is 16.6 Å². The van der Waals surface area contributed by atoms with E-state index in [1.54, 1.807) is 6.92 Å². The van der Waals surface area contributed by atoms with Crippen molar-refractivity contribution < 1.29 is 14.3 Å². The number of hydrogen-bond donors (Lipinski definition) is 3. The maximum Gasteiger partial charge on any atom is 0.341 e. The van der Waals surface area contributed by atoms with Gasteiger partial charge in [-0.2, -0.15) is 0 Å². The summed E-state index contributed by atoms with van der Waals surface area (Å²) in [6.45, 7) is 5.89. The summed E-state index contributed by atoms with van der Waals surface area (Å²) in [4.78, 5) is 33.6. The number of anilines is 3. The van der Waals surface area contributed by atoms with E-state index in [4.69, 9.17) is 16.2 Å². The van der Waals surface area contributed by atoms with Crippen molar-refractivity contribution in [3.8, 4) is 0 Å². The van der Waals surface area contributed by atoms with E-state index < -0.39 is 5.97 Å². The molecule has 2 aromatic rings. The third-order valence-corrected chi connectivity index (χ3v) is 5.28. The van der Waals surface area contributed by atoms with Crippen LogP contribution >= 0.6 is 23.1 Å². The summed E-state index contributed by atoms with van der Waals surface area (Å²) in [6.07, 6.45) is 0.678. The number of nitrogens with one attached hydrogen (secondary N) is 1. The smallest absolute Gasteiger partial charge is 0.341 e. The highest BCUT2D eigenvalue weighted by Gasteiger charge is 2.23. The highest BCUT2D eigenvalue weighted by Crippen LogP contribution is 2.34. The van der Waals surface area contributed by atoms with Crippen LogP contribution < -0.4 is 16.8 Å². The Kier molecular flexibility index (Phi) is 6.81. The Morgan fingerprint density at radius 2 is 1.92 bits per heavy atom. The average Bonchev–Trinajstić information content (AvgIpc) is 2.87. The fourth-order valence-electron chi connectivity index (χ4n) is 2.33. The maximum atomic E-state index is 12.3. The van der Waals surface area contributed by atoms with E-state index in [1.807, 2.05) is 13.8 Å². The molecule has 0 saturated heterocycles. The zero-order valence-electron chi connectivity index (χ0n) is 14.8. The van der Waals surface area contributed by atoms with Crippen LogP contribution in [0.3, 0.4) is 0 Å². The minimum atomic E-state index is -0.427. The number of hydrogen-bond acceptors (Lipinski definition) is 9. The number of amides is 1. The first-order valence-electron chi connectivity index (χ1n) is 7.97. The summed E-state index contributed by atoms with van der Waals surface area (Å²) in [5.74, 6) is -0.167. The van der Waals surface area contributed by atoms with Crippen LogP contribution in [0.1, 0.15) is 34.6 Å². The van der Waals surface area contributed by atoms with Crippen LogP contribution in [0.15, 0.2) is 11.2 Å². The molecule has 0 aromatic carbocycles. The van der Waals surface area contributed by atoms with E-state index in [9.17, 15) is 9.59 Å².